The number of nitrogens with zero attached hydrogens (tertiary/aromatic N) is 4. The van der Waals surface area contributed by atoms with Crippen molar-refractivity contribution in [3.63, 3.8) is 0 Å². The van der Waals surface area contributed by atoms with Crippen LogP contribution in [-0.4, -0.2) is 48.3 Å². The minimum atomic E-state index is -0.228. The molecule has 7 heteroatoms. The van der Waals surface area contributed by atoms with E-state index >= 15 is 0 Å². The zero-order valence-electron chi connectivity index (χ0n) is 16.8. The molecule has 4 rings (SSSR count). The number of aromatic nitrogens is 2. The van der Waals surface area contributed by atoms with Crippen LogP contribution in [0.5, 0.6) is 0 Å². The zero-order chi connectivity index (χ0) is 20.4. The van der Waals surface area contributed by atoms with Crippen molar-refractivity contribution < 1.29 is 14.3 Å². The molecule has 29 heavy (non-hydrogen) atoms. The monoisotopic (exact) mass is 392 g/mol. The minimum Gasteiger partial charge on any atom is -0.466 e. The lowest BCUT2D eigenvalue weighted by atomic mass is 9.99. The highest BCUT2D eigenvalue weighted by molar-refractivity contribution is 5.86. The van der Waals surface area contributed by atoms with E-state index in [1.54, 1.807) is 6.92 Å². The second-order valence-electron chi connectivity index (χ2n) is 7.08. The molecule has 1 aliphatic heterocycles. The van der Waals surface area contributed by atoms with Crippen LogP contribution in [0.25, 0.3) is 16.7 Å². The van der Waals surface area contributed by atoms with Gasteiger partial charge in [0.2, 0.25) is 0 Å². The molecule has 0 N–H and O–H groups in total. The van der Waals surface area contributed by atoms with Crippen LogP contribution in [0.3, 0.4) is 0 Å². The van der Waals surface area contributed by atoms with Gasteiger partial charge >= 0.3 is 5.97 Å². The van der Waals surface area contributed by atoms with Crippen molar-refractivity contribution in [2.24, 2.45) is 0 Å². The summed E-state index contributed by atoms with van der Waals surface area (Å²) in [6.07, 6.45) is 0.781. The molecule has 7 nitrogen and oxygen atoms in total. The van der Waals surface area contributed by atoms with Crippen LogP contribution in [0.1, 0.15) is 30.0 Å². The van der Waals surface area contributed by atoms with Gasteiger partial charge in [-0.1, -0.05) is 12.1 Å². The first-order chi connectivity index (χ1) is 14.2. The third-order valence-electron chi connectivity index (χ3n) is 5.40. The summed E-state index contributed by atoms with van der Waals surface area (Å²) in [6.45, 7) is 6.90. The number of morpholine rings is 1. The van der Waals surface area contributed by atoms with E-state index in [4.69, 9.17) is 14.5 Å². The van der Waals surface area contributed by atoms with E-state index in [1.165, 1.54) is 0 Å². The first-order valence-electron chi connectivity index (χ1n) is 9.96. The van der Waals surface area contributed by atoms with Gasteiger partial charge in [-0.2, -0.15) is 5.26 Å². The van der Waals surface area contributed by atoms with Crippen LogP contribution in [0.2, 0.25) is 0 Å². The quantitative estimate of drug-likeness (QED) is 0.621. The molecule has 1 aliphatic rings. The van der Waals surface area contributed by atoms with Gasteiger partial charge in [-0.15, -0.1) is 0 Å². The molecule has 2 aromatic heterocycles. The van der Waals surface area contributed by atoms with Crippen LogP contribution in [0, 0.1) is 18.3 Å². The van der Waals surface area contributed by atoms with Gasteiger partial charge in [-0.3, -0.25) is 9.20 Å². The smallest absolute Gasteiger partial charge is 0.306 e. The topological polar surface area (TPSA) is 79.9 Å². The molecule has 0 atom stereocenters. The summed E-state index contributed by atoms with van der Waals surface area (Å²) in [5, 5.41) is 9.90. The molecule has 1 aromatic carbocycles. The molecule has 0 spiro atoms. The van der Waals surface area contributed by atoms with E-state index < -0.39 is 0 Å². The Kier molecular flexibility index (Phi) is 5.36. The van der Waals surface area contributed by atoms with Crippen molar-refractivity contribution in [3.8, 4) is 6.07 Å². The average molecular weight is 392 g/mol. The molecule has 0 unspecified atom stereocenters. The zero-order valence-corrected chi connectivity index (χ0v) is 16.8. The predicted octanol–water partition coefficient (Wildman–Crippen LogP) is 3.00. The molecule has 3 heterocycles. The summed E-state index contributed by atoms with van der Waals surface area (Å²) in [5.41, 5.74) is 4.89. The molecule has 0 amide bonds. The number of carbonyl (C=O) groups excluding carboxylic acids is 1. The number of ether oxygens (including phenoxy) is 2. The van der Waals surface area contributed by atoms with Crippen molar-refractivity contribution in [2.75, 3.05) is 37.8 Å². The second-order valence-corrected chi connectivity index (χ2v) is 7.08. The molecular weight excluding hydrogens is 368 g/mol. The molecule has 3 aromatic rings. The summed E-state index contributed by atoms with van der Waals surface area (Å²) in [4.78, 5) is 19.1. The van der Waals surface area contributed by atoms with Crippen LogP contribution in [0.15, 0.2) is 24.3 Å². The number of carbonyl (C=O) groups is 1. The SMILES string of the molecule is CCOC(=O)CCc1c(C)c(C#N)c2nc3ccccc3n2c1N1CCOCC1. The molecule has 0 aliphatic carbocycles. The fraction of sp³-hybridized carbons (Fsp3) is 0.409. The van der Waals surface area contributed by atoms with Gasteiger partial charge in [0, 0.05) is 19.5 Å². The van der Waals surface area contributed by atoms with Gasteiger partial charge in [-0.25, -0.2) is 4.98 Å². The number of fused-ring (bicyclic) bond motifs is 3. The molecule has 1 fully saturated rings. The number of nitriles is 1. The van der Waals surface area contributed by atoms with Crippen LogP contribution < -0.4 is 4.90 Å². The van der Waals surface area contributed by atoms with Crippen LogP contribution in [-0.2, 0) is 20.7 Å². The average Bonchev–Trinajstić information content (AvgIpc) is 3.12. The maximum Gasteiger partial charge on any atom is 0.306 e. The highest BCUT2D eigenvalue weighted by Crippen LogP contribution is 2.34. The minimum absolute atomic E-state index is 0.228. The fourth-order valence-corrected chi connectivity index (χ4v) is 4.03. The van der Waals surface area contributed by atoms with E-state index in [0.29, 0.717) is 37.5 Å². The maximum atomic E-state index is 12.1. The van der Waals surface area contributed by atoms with Crippen molar-refractivity contribution in [1.82, 2.24) is 9.38 Å². The van der Waals surface area contributed by atoms with E-state index in [9.17, 15) is 10.1 Å². The van der Waals surface area contributed by atoms with Crippen molar-refractivity contribution in [1.29, 1.82) is 5.26 Å². The predicted molar refractivity (Wildman–Crippen MR) is 110 cm³/mol. The lowest BCUT2D eigenvalue weighted by Gasteiger charge is -2.32. The number of imidazole rings is 1. The van der Waals surface area contributed by atoms with Gasteiger partial charge in [0.15, 0.2) is 5.65 Å². The van der Waals surface area contributed by atoms with E-state index in [2.05, 4.69) is 15.4 Å². The second kappa shape index (κ2) is 8.10. The number of rotatable bonds is 5. The molecular formula is C22H24N4O3. The Hall–Kier alpha value is -3.11. The molecule has 0 radical (unpaired) electrons. The summed E-state index contributed by atoms with van der Waals surface area (Å²) in [6, 6.07) is 10.2. The first-order valence-corrected chi connectivity index (χ1v) is 9.96. The van der Waals surface area contributed by atoms with Gasteiger partial charge < -0.3 is 14.4 Å². The van der Waals surface area contributed by atoms with Gasteiger partial charge in [0.25, 0.3) is 0 Å². The Morgan fingerprint density at radius 2 is 2.07 bits per heavy atom. The highest BCUT2D eigenvalue weighted by Gasteiger charge is 2.25. The Balaban J connectivity index is 1.98. The summed E-state index contributed by atoms with van der Waals surface area (Å²) >= 11 is 0. The number of anilines is 1. The molecule has 0 bridgehead atoms. The Bertz CT molecular complexity index is 1110. The van der Waals surface area contributed by atoms with Gasteiger partial charge in [0.1, 0.15) is 11.9 Å². The molecule has 1 saturated heterocycles. The Labute approximate surface area is 169 Å². The van der Waals surface area contributed by atoms with Gasteiger partial charge in [-0.05, 0) is 43.5 Å². The Morgan fingerprint density at radius 1 is 1.31 bits per heavy atom. The van der Waals surface area contributed by atoms with Crippen molar-refractivity contribution in [3.05, 3.63) is 41.0 Å². The van der Waals surface area contributed by atoms with E-state index in [1.807, 2.05) is 31.2 Å². The number of hydrogen-bond acceptors (Lipinski definition) is 6. The number of esters is 1. The Morgan fingerprint density at radius 3 is 2.79 bits per heavy atom. The fourth-order valence-electron chi connectivity index (χ4n) is 4.03. The van der Waals surface area contributed by atoms with Crippen molar-refractivity contribution >= 4 is 28.5 Å². The maximum absolute atomic E-state index is 12.1. The summed E-state index contributed by atoms with van der Waals surface area (Å²) < 4.78 is 12.8. The lowest BCUT2D eigenvalue weighted by molar-refractivity contribution is -0.143. The largest absolute Gasteiger partial charge is 0.466 e. The third kappa shape index (κ3) is 3.40. The molecule has 0 saturated carbocycles. The third-order valence-corrected chi connectivity index (χ3v) is 5.40. The lowest BCUT2D eigenvalue weighted by Crippen LogP contribution is -2.38. The molecule has 150 valence electrons. The van der Waals surface area contributed by atoms with Crippen molar-refractivity contribution in [2.45, 2.75) is 26.7 Å². The number of benzene rings is 1. The van der Waals surface area contributed by atoms with Gasteiger partial charge in [0.05, 0.1) is 36.4 Å². The highest BCUT2D eigenvalue weighted by atomic mass is 16.5. The van der Waals surface area contributed by atoms with Crippen LogP contribution >= 0.6 is 0 Å². The number of hydrogen-bond donors (Lipinski definition) is 0. The number of para-hydroxylation sites is 2. The standard InChI is InChI=1S/C22H24N4O3/c1-3-29-20(27)9-8-16-15(2)17(14-23)21-24-18-6-4-5-7-19(18)26(21)22(16)25-10-12-28-13-11-25/h4-7H,3,8-13H2,1-2H3. The normalized spacial score (nSPS) is 14.3. The first kappa shape index (κ1) is 19.2. The van der Waals surface area contributed by atoms with E-state index in [0.717, 1.165) is 41.1 Å². The van der Waals surface area contributed by atoms with E-state index in [-0.39, 0.29) is 12.4 Å². The summed E-state index contributed by atoms with van der Waals surface area (Å²) in [5.74, 6) is 0.770. The van der Waals surface area contributed by atoms with Crippen LogP contribution in [0.4, 0.5) is 5.82 Å². The number of pyridine rings is 1. The summed E-state index contributed by atoms with van der Waals surface area (Å²) in [7, 11) is 0.